The maximum atomic E-state index is 5.73. The van der Waals surface area contributed by atoms with E-state index in [4.69, 9.17) is 28.7 Å². The van der Waals surface area contributed by atoms with Gasteiger partial charge in [-0.25, -0.2) is 4.98 Å². The largest absolute Gasteiger partial charge is 0.454 e. The van der Waals surface area contributed by atoms with Crippen molar-refractivity contribution in [3.63, 3.8) is 0 Å². The highest BCUT2D eigenvalue weighted by Gasteiger charge is 2.24. The predicted octanol–water partition coefficient (Wildman–Crippen LogP) is 4.99. The van der Waals surface area contributed by atoms with Gasteiger partial charge in [-0.05, 0) is 48.9 Å². The van der Waals surface area contributed by atoms with Crippen LogP contribution in [0.5, 0.6) is 11.5 Å². The molecule has 0 saturated carbocycles. The first-order valence-electron chi connectivity index (χ1n) is 10.0. The molecule has 0 spiro atoms. The number of nitrogens with zero attached hydrogens (tertiary/aromatic N) is 4. The third kappa shape index (κ3) is 3.05. The van der Waals surface area contributed by atoms with E-state index in [0.29, 0.717) is 29.8 Å². The fourth-order valence-electron chi connectivity index (χ4n) is 3.91. The molecule has 8 nitrogen and oxygen atoms in total. The Hall–Kier alpha value is -3.69. The second-order valence-corrected chi connectivity index (χ2v) is 8.40. The monoisotopic (exact) mass is 446 g/mol. The van der Waals surface area contributed by atoms with E-state index in [1.807, 2.05) is 49.6 Å². The first-order valence-corrected chi connectivity index (χ1v) is 10.8. The summed E-state index contributed by atoms with van der Waals surface area (Å²) in [4.78, 5) is 11.2. The molecule has 0 radical (unpaired) electrons. The molecule has 9 heteroatoms. The third-order valence-electron chi connectivity index (χ3n) is 5.26. The minimum atomic E-state index is 0.217. The molecule has 5 heterocycles. The van der Waals surface area contributed by atoms with E-state index >= 15 is 0 Å². The summed E-state index contributed by atoms with van der Waals surface area (Å²) < 4.78 is 24.1. The molecule has 0 aliphatic carbocycles. The zero-order valence-electron chi connectivity index (χ0n) is 17.4. The Kier molecular flexibility index (Phi) is 4.44. The second-order valence-electron chi connectivity index (χ2n) is 7.40. The van der Waals surface area contributed by atoms with Crippen LogP contribution in [0, 0.1) is 6.92 Å². The van der Waals surface area contributed by atoms with Gasteiger partial charge in [-0.1, -0.05) is 5.16 Å². The summed E-state index contributed by atoms with van der Waals surface area (Å²) in [5.41, 5.74) is 3.75. The molecule has 1 aliphatic heterocycles. The summed E-state index contributed by atoms with van der Waals surface area (Å²) in [6.45, 7) is 2.68. The smallest absolute Gasteiger partial charge is 0.270 e. The molecule has 0 fully saturated rings. The molecule has 1 aromatic carbocycles. The van der Waals surface area contributed by atoms with Crippen molar-refractivity contribution in [2.75, 3.05) is 13.9 Å². The lowest BCUT2D eigenvalue weighted by Crippen LogP contribution is -1.97. The number of pyridine rings is 1. The zero-order valence-corrected chi connectivity index (χ0v) is 18.2. The number of methoxy groups -OCH3 is 1. The quantitative estimate of drug-likeness (QED) is 0.376. The van der Waals surface area contributed by atoms with Gasteiger partial charge in [0.25, 0.3) is 5.89 Å². The van der Waals surface area contributed by atoms with Crippen molar-refractivity contribution in [1.29, 1.82) is 0 Å². The fourth-order valence-corrected chi connectivity index (χ4v) is 5.10. The molecule has 0 bridgehead atoms. The first kappa shape index (κ1) is 19.0. The van der Waals surface area contributed by atoms with Crippen molar-refractivity contribution < 1.29 is 18.7 Å². The van der Waals surface area contributed by atoms with E-state index in [1.54, 1.807) is 7.11 Å². The SMILES string of the molecule is COCc1cc(C)nc2sc(-c3nc(-c4ccc5c(c4)OCO5)no3)c(-n3cccc3)c12. The van der Waals surface area contributed by atoms with Gasteiger partial charge in [0.2, 0.25) is 12.6 Å². The molecule has 1 aliphatic rings. The van der Waals surface area contributed by atoms with Crippen molar-refractivity contribution in [2.45, 2.75) is 13.5 Å². The van der Waals surface area contributed by atoms with Crippen LogP contribution in [0.2, 0.25) is 0 Å². The summed E-state index contributed by atoms with van der Waals surface area (Å²) in [5.74, 6) is 2.30. The van der Waals surface area contributed by atoms with Crippen molar-refractivity contribution in [3.05, 3.63) is 60.0 Å². The van der Waals surface area contributed by atoms with Crippen LogP contribution in [0.4, 0.5) is 0 Å². The second kappa shape index (κ2) is 7.47. The maximum absolute atomic E-state index is 5.73. The Morgan fingerprint density at radius 1 is 1.09 bits per heavy atom. The van der Waals surface area contributed by atoms with Gasteiger partial charge in [-0.2, -0.15) is 4.98 Å². The number of hydrogen-bond acceptors (Lipinski definition) is 8. The molecule has 0 N–H and O–H groups in total. The van der Waals surface area contributed by atoms with Gasteiger partial charge in [-0.15, -0.1) is 11.3 Å². The average molecular weight is 446 g/mol. The normalized spacial score (nSPS) is 12.7. The summed E-state index contributed by atoms with van der Waals surface area (Å²) in [6, 6.07) is 11.6. The highest BCUT2D eigenvalue weighted by atomic mass is 32.1. The first-order chi connectivity index (χ1) is 15.7. The third-order valence-corrected chi connectivity index (χ3v) is 6.32. The number of fused-ring (bicyclic) bond motifs is 2. The van der Waals surface area contributed by atoms with Gasteiger partial charge in [-0.3, -0.25) is 0 Å². The maximum Gasteiger partial charge on any atom is 0.270 e. The Morgan fingerprint density at radius 2 is 1.94 bits per heavy atom. The lowest BCUT2D eigenvalue weighted by Gasteiger charge is -2.08. The molecule has 0 atom stereocenters. The average Bonchev–Trinajstić information content (AvgIpc) is 3.58. The summed E-state index contributed by atoms with van der Waals surface area (Å²) in [5, 5.41) is 5.25. The molecule has 0 unspecified atom stereocenters. The van der Waals surface area contributed by atoms with Gasteiger partial charge in [0.1, 0.15) is 9.71 Å². The minimum absolute atomic E-state index is 0.217. The van der Waals surface area contributed by atoms with E-state index in [1.165, 1.54) is 11.3 Å². The predicted molar refractivity (Wildman–Crippen MR) is 119 cm³/mol. The number of thiophene rings is 1. The molecule has 0 saturated heterocycles. The lowest BCUT2D eigenvalue weighted by atomic mass is 10.1. The molecule has 32 heavy (non-hydrogen) atoms. The highest BCUT2D eigenvalue weighted by molar-refractivity contribution is 7.22. The summed E-state index contributed by atoms with van der Waals surface area (Å²) in [7, 11) is 1.69. The fraction of sp³-hybridized carbons (Fsp3) is 0.174. The molecular formula is C23H18N4O4S. The Labute approximate surface area is 187 Å². The van der Waals surface area contributed by atoms with Crippen LogP contribution in [-0.2, 0) is 11.3 Å². The number of hydrogen-bond donors (Lipinski definition) is 0. The van der Waals surface area contributed by atoms with Crippen LogP contribution in [-0.4, -0.2) is 33.6 Å². The highest BCUT2D eigenvalue weighted by Crippen LogP contribution is 2.42. The van der Waals surface area contributed by atoms with Crippen LogP contribution < -0.4 is 9.47 Å². The molecular weight excluding hydrogens is 428 g/mol. The lowest BCUT2D eigenvalue weighted by molar-refractivity contribution is 0.174. The molecule has 4 aromatic heterocycles. The van der Waals surface area contributed by atoms with Crippen LogP contribution in [0.25, 0.3) is 38.1 Å². The van der Waals surface area contributed by atoms with E-state index in [2.05, 4.69) is 15.8 Å². The van der Waals surface area contributed by atoms with Crippen molar-refractivity contribution in [2.24, 2.45) is 0 Å². The topological polar surface area (TPSA) is 84.4 Å². The standard InChI is InChI=1S/C23H18N4O4S/c1-13-9-15(11-28-2)18-19(27-7-3-4-8-27)20(32-23(18)24-13)22-25-21(26-31-22)14-5-6-16-17(10-14)30-12-29-16/h3-10H,11-12H2,1-2H3. The Morgan fingerprint density at radius 3 is 2.78 bits per heavy atom. The summed E-state index contributed by atoms with van der Waals surface area (Å²) in [6.07, 6.45) is 3.99. The van der Waals surface area contributed by atoms with E-state index in [-0.39, 0.29) is 6.79 Å². The van der Waals surface area contributed by atoms with Crippen molar-refractivity contribution >= 4 is 21.6 Å². The van der Waals surface area contributed by atoms with Gasteiger partial charge in [0, 0.05) is 36.1 Å². The van der Waals surface area contributed by atoms with Crippen LogP contribution >= 0.6 is 11.3 Å². The van der Waals surface area contributed by atoms with Gasteiger partial charge in [0.05, 0.1) is 12.3 Å². The molecule has 5 aromatic rings. The van der Waals surface area contributed by atoms with Crippen molar-refractivity contribution in [3.8, 4) is 39.3 Å². The number of benzene rings is 1. The van der Waals surface area contributed by atoms with E-state index in [9.17, 15) is 0 Å². The van der Waals surface area contributed by atoms with Crippen LogP contribution in [0.3, 0.4) is 0 Å². The molecule has 0 amide bonds. The van der Waals surface area contributed by atoms with Crippen molar-refractivity contribution in [1.82, 2.24) is 19.7 Å². The number of ether oxygens (including phenoxy) is 3. The van der Waals surface area contributed by atoms with Gasteiger partial charge >= 0.3 is 0 Å². The van der Waals surface area contributed by atoms with E-state index in [0.717, 1.165) is 37.6 Å². The minimum Gasteiger partial charge on any atom is -0.454 e. The Bertz CT molecular complexity index is 1440. The van der Waals surface area contributed by atoms with Gasteiger partial charge < -0.3 is 23.3 Å². The number of aromatic nitrogens is 4. The summed E-state index contributed by atoms with van der Waals surface area (Å²) >= 11 is 1.53. The molecule has 6 rings (SSSR count). The zero-order chi connectivity index (χ0) is 21.7. The van der Waals surface area contributed by atoms with Crippen LogP contribution in [0.15, 0.2) is 53.3 Å². The van der Waals surface area contributed by atoms with E-state index < -0.39 is 0 Å². The number of rotatable bonds is 5. The van der Waals surface area contributed by atoms with Crippen LogP contribution in [0.1, 0.15) is 11.3 Å². The van der Waals surface area contributed by atoms with Gasteiger partial charge in [0.15, 0.2) is 11.5 Å². The molecule has 160 valence electrons. The Balaban J connectivity index is 1.53. The number of aryl methyl sites for hydroxylation is 1.